The zero-order valence-electron chi connectivity index (χ0n) is 15.1. The molecule has 1 rings (SSSR count). The number of hydrogen-bond donors (Lipinski definition) is 3. The van der Waals surface area contributed by atoms with Crippen molar-refractivity contribution < 1.29 is 13.5 Å². The number of benzene rings is 1. The van der Waals surface area contributed by atoms with Crippen LogP contribution in [0, 0.1) is 0 Å². The minimum atomic E-state index is -3.60. The molecule has 0 spiro atoms. The monoisotopic (exact) mass is 344 g/mol. The lowest BCUT2D eigenvalue weighted by atomic mass is 9.83. The van der Waals surface area contributed by atoms with Crippen LogP contribution in [-0.2, 0) is 10.2 Å². The Morgan fingerprint density at radius 2 is 1.43 bits per heavy atom. The van der Waals surface area contributed by atoms with E-state index in [2.05, 4.69) is 64.9 Å². The summed E-state index contributed by atoms with van der Waals surface area (Å²) >= 11 is 0. The van der Waals surface area contributed by atoms with Gasteiger partial charge in [-0.25, -0.2) is 9.86 Å². The van der Waals surface area contributed by atoms with Crippen LogP contribution in [0.3, 0.4) is 0 Å². The van der Waals surface area contributed by atoms with Crippen molar-refractivity contribution in [2.45, 2.75) is 59.3 Å². The van der Waals surface area contributed by atoms with E-state index in [0.717, 1.165) is 0 Å². The van der Waals surface area contributed by atoms with E-state index in [0.29, 0.717) is 17.8 Å². The summed E-state index contributed by atoms with van der Waals surface area (Å²) in [4.78, 5) is 0. The molecule has 23 heavy (non-hydrogen) atoms. The Balaban J connectivity index is 0.000000515. The maximum absolute atomic E-state index is 9.95. The fourth-order valence-electron chi connectivity index (χ4n) is 2.46. The summed E-state index contributed by atoms with van der Waals surface area (Å²) in [5.41, 5.74) is 4.62. The van der Waals surface area contributed by atoms with Crippen molar-refractivity contribution in [2.75, 3.05) is 13.2 Å². The number of aliphatic hydroxyl groups is 1. The molecule has 0 bridgehead atoms. The lowest BCUT2D eigenvalue weighted by molar-refractivity contribution is 0.301. The summed E-state index contributed by atoms with van der Waals surface area (Å²) in [6.45, 7) is 13.5. The van der Waals surface area contributed by atoms with Gasteiger partial charge < -0.3 is 5.11 Å². The van der Waals surface area contributed by atoms with Gasteiger partial charge in [-0.2, -0.15) is 8.42 Å². The van der Waals surface area contributed by atoms with E-state index < -0.39 is 10.2 Å². The topological polar surface area (TPSA) is 92.4 Å². The first-order valence-electron chi connectivity index (χ1n) is 8.02. The second-order valence-electron chi connectivity index (χ2n) is 6.48. The third-order valence-corrected chi connectivity index (χ3v) is 4.02. The van der Waals surface area contributed by atoms with Crippen molar-refractivity contribution in [1.29, 1.82) is 0 Å². The number of hydrogen-bond acceptors (Lipinski definition) is 3. The van der Waals surface area contributed by atoms with Crippen LogP contribution >= 0.6 is 0 Å². The smallest absolute Gasteiger partial charge is 0.274 e. The summed E-state index contributed by atoms with van der Waals surface area (Å²) in [5.74, 6) is 1.88. The second kappa shape index (κ2) is 10.0. The quantitative estimate of drug-likeness (QED) is 0.741. The van der Waals surface area contributed by atoms with Crippen LogP contribution in [0.5, 0.6) is 0 Å². The van der Waals surface area contributed by atoms with Crippen LogP contribution in [0.15, 0.2) is 18.2 Å². The lowest BCUT2D eigenvalue weighted by Gasteiger charge is -2.22. The van der Waals surface area contributed by atoms with Gasteiger partial charge in [-0.05, 0) is 34.4 Å². The van der Waals surface area contributed by atoms with Gasteiger partial charge in [-0.1, -0.05) is 59.7 Å². The van der Waals surface area contributed by atoms with E-state index in [4.69, 9.17) is 5.11 Å². The molecule has 0 amide bonds. The van der Waals surface area contributed by atoms with E-state index in [1.165, 1.54) is 11.1 Å². The Morgan fingerprint density at radius 1 is 1.00 bits per heavy atom. The molecule has 0 aromatic heterocycles. The van der Waals surface area contributed by atoms with E-state index >= 15 is 0 Å². The van der Waals surface area contributed by atoms with E-state index in [1.807, 2.05) is 4.72 Å². The fourth-order valence-corrected chi connectivity index (χ4v) is 2.84. The standard InChI is InChI=1S/C15H24.C2H8N2O3S/c1-10(2)13-8-7-9-14(11(3)4)15(13)12(5)6;3-8(6,7)4-1-2-5/h7-12H,1-6H3;4-5H,1-2H2,(H2,3,6,7). The molecule has 0 heterocycles. The molecule has 0 unspecified atom stereocenters. The van der Waals surface area contributed by atoms with Gasteiger partial charge in [0.1, 0.15) is 0 Å². The van der Waals surface area contributed by atoms with Gasteiger partial charge in [0, 0.05) is 6.54 Å². The summed E-state index contributed by atoms with van der Waals surface area (Å²) in [5, 5.41) is 12.5. The molecule has 4 N–H and O–H groups in total. The SMILES string of the molecule is CC(C)c1cccc(C(C)C)c1C(C)C.NS(=O)(=O)NCCO. The average Bonchev–Trinajstić information content (AvgIpc) is 2.43. The van der Waals surface area contributed by atoms with Crippen LogP contribution in [-0.4, -0.2) is 26.7 Å². The van der Waals surface area contributed by atoms with Gasteiger partial charge in [0.2, 0.25) is 0 Å². The summed E-state index contributed by atoms with van der Waals surface area (Å²) in [7, 11) is -3.60. The molecule has 1 aromatic carbocycles. The Labute approximate surface area is 141 Å². The Hall–Kier alpha value is -0.950. The fraction of sp³-hybridized carbons (Fsp3) is 0.647. The molecule has 0 aliphatic rings. The van der Waals surface area contributed by atoms with E-state index in [9.17, 15) is 8.42 Å². The molecule has 5 nitrogen and oxygen atoms in total. The second-order valence-corrected chi connectivity index (χ2v) is 7.86. The van der Waals surface area contributed by atoms with Gasteiger partial charge in [-0.15, -0.1) is 0 Å². The van der Waals surface area contributed by atoms with Crippen LogP contribution in [0.25, 0.3) is 0 Å². The molecule has 134 valence electrons. The largest absolute Gasteiger partial charge is 0.395 e. The third-order valence-electron chi connectivity index (χ3n) is 3.41. The Kier molecular flexibility index (Phi) is 9.61. The minimum absolute atomic E-state index is 0.0289. The van der Waals surface area contributed by atoms with Crippen LogP contribution in [0.2, 0.25) is 0 Å². The summed E-state index contributed by atoms with van der Waals surface area (Å²) < 4.78 is 21.8. The number of aliphatic hydroxyl groups excluding tert-OH is 1. The zero-order chi connectivity index (χ0) is 18.2. The van der Waals surface area contributed by atoms with Gasteiger partial charge >= 0.3 is 0 Å². The third kappa shape index (κ3) is 8.46. The number of nitrogens with two attached hydrogens (primary N) is 1. The van der Waals surface area contributed by atoms with Crippen molar-refractivity contribution in [3.8, 4) is 0 Å². The molecule has 1 aromatic rings. The van der Waals surface area contributed by atoms with E-state index in [1.54, 1.807) is 5.56 Å². The molecule has 0 radical (unpaired) electrons. The first kappa shape index (κ1) is 22.1. The Morgan fingerprint density at radius 3 is 1.65 bits per heavy atom. The van der Waals surface area contributed by atoms with Gasteiger partial charge in [0.15, 0.2) is 0 Å². The molecule has 0 saturated heterocycles. The van der Waals surface area contributed by atoms with Gasteiger partial charge in [-0.3, -0.25) is 0 Å². The van der Waals surface area contributed by atoms with Crippen molar-refractivity contribution in [3.63, 3.8) is 0 Å². The highest BCUT2D eigenvalue weighted by molar-refractivity contribution is 7.87. The molecule has 0 saturated carbocycles. The molecule has 6 heteroatoms. The van der Waals surface area contributed by atoms with Gasteiger partial charge in [0.25, 0.3) is 10.2 Å². The van der Waals surface area contributed by atoms with E-state index in [-0.39, 0.29) is 13.2 Å². The minimum Gasteiger partial charge on any atom is -0.395 e. The van der Waals surface area contributed by atoms with Crippen LogP contribution in [0.4, 0.5) is 0 Å². The molecule has 0 aliphatic heterocycles. The predicted molar refractivity (Wildman–Crippen MR) is 96.9 cm³/mol. The average molecular weight is 345 g/mol. The van der Waals surface area contributed by atoms with Crippen LogP contribution in [0.1, 0.15) is 76.0 Å². The van der Waals surface area contributed by atoms with Crippen molar-refractivity contribution >= 4 is 10.2 Å². The van der Waals surface area contributed by atoms with Crippen molar-refractivity contribution in [1.82, 2.24) is 4.72 Å². The first-order valence-corrected chi connectivity index (χ1v) is 9.56. The highest BCUT2D eigenvalue weighted by Crippen LogP contribution is 2.32. The molecular formula is C17H32N2O3S. The summed E-state index contributed by atoms with van der Waals surface area (Å²) in [6, 6.07) is 6.77. The number of nitrogens with one attached hydrogen (secondary N) is 1. The maximum atomic E-state index is 9.95. The number of rotatable bonds is 6. The zero-order valence-corrected chi connectivity index (χ0v) is 15.9. The molecule has 0 atom stereocenters. The maximum Gasteiger partial charge on any atom is 0.274 e. The Bertz CT molecular complexity index is 541. The highest BCUT2D eigenvalue weighted by Gasteiger charge is 2.15. The molecule has 0 fully saturated rings. The first-order chi connectivity index (χ1) is 10.5. The van der Waals surface area contributed by atoms with Crippen molar-refractivity contribution in [3.05, 3.63) is 34.9 Å². The van der Waals surface area contributed by atoms with Gasteiger partial charge in [0.05, 0.1) is 6.61 Å². The summed E-state index contributed by atoms with van der Waals surface area (Å²) in [6.07, 6.45) is 0. The highest BCUT2D eigenvalue weighted by atomic mass is 32.2. The van der Waals surface area contributed by atoms with Crippen molar-refractivity contribution in [2.24, 2.45) is 5.14 Å². The van der Waals surface area contributed by atoms with Crippen LogP contribution < -0.4 is 9.86 Å². The predicted octanol–water partition coefficient (Wildman–Crippen LogP) is 2.83. The normalized spacial score (nSPS) is 11.8. The molecular weight excluding hydrogens is 312 g/mol. The molecule has 0 aliphatic carbocycles. The lowest BCUT2D eigenvalue weighted by Crippen LogP contribution is -2.32.